The van der Waals surface area contributed by atoms with Gasteiger partial charge in [-0.1, -0.05) is 68.3 Å². The van der Waals surface area contributed by atoms with E-state index in [1.807, 2.05) is 47.4 Å². The lowest BCUT2D eigenvalue weighted by molar-refractivity contribution is -0.131. The zero-order valence-electron chi connectivity index (χ0n) is 21.5. The first-order chi connectivity index (χ1) is 17.5. The van der Waals surface area contributed by atoms with Crippen LogP contribution < -0.4 is 4.74 Å². The van der Waals surface area contributed by atoms with Crippen molar-refractivity contribution in [3.05, 3.63) is 66.2 Å². The number of amides is 1. The number of nitrogens with zero attached hydrogens (tertiary/aromatic N) is 3. The van der Waals surface area contributed by atoms with Gasteiger partial charge in [0, 0.05) is 57.8 Å². The zero-order chi connectivity index (χ0) is 25.8. The van der Waals surface area contributed by atoms with E-state index in [0.29, 0.717) is 50.6 Å². The average molecular weight is 514 g/mol. The Balaban J connectivity index is 1.56. The molecule has 7 nitrogen and oxygen atoms in total. The molecule has 0 saturated carbocycles. The predicted octanol–water partition coefficient (Wildman–Crippen LogP) is 4.12. The largest absolute Gasteiger partial charge is 0.496 e. The Morgan fingerprint density at radius 1 is 1.00 bits per heavy atom. The third-order valence-corrected chi connectivity index (χ3v) is 8.42. The van der Waals surface area contributed by atoms with Crippen LogP contribution >= 0.6 is 0 Å². The molecule has 36 heavy (non-hydrogen) atoms. The lowest BCUT2D eigenvalue weighted by atomic mass is 10.1. The molecular formula is C28H39N3O4S. The maximum atomic E-state index is 13.0. The third-order valence-electron chi connectivity index (χ3n) is 6.51. The first-order valence-corrected chi connectivity index (χ1v) is 14.2. The summed E-state index contributed by atoms with van der Waals surface area (Å²) in [5.74, 6) is 0.969. The average Bonchev–Trinajstić information content (AvgIpc) is 2.91. The van der Waals surface area contributed by atoms with Crippen LogP contribution in [0.3, 0.4) is 0 Å². The number of piperazine rings is 1. The Kier molecular flexibility index (Phi) is 11.0. The van der Waals surface area contributed by atoms with Crippen molar-refractivity contribution in [2.24, 2.45) is 0 Å². The molecule has 0 spiro atoms. The Labute approximate surface area is 216 Å². The highest BCUT2D eigenvalue weighted by molar-refractivity contribution is 7.89. The van der Waals surface area contributed by atoms with Crippen LogP contribution in [0.15, 0.2) is 65.6 Å². The van der Waals surface area contributed by atoms with Gasteiger partial charge in [0.1, 0.15) is 5.75 Å². The molecule has 0 aliphatic carbocycles. The molecule has 0 unspecified atom stereocenters. The maximum absolute atomic E-state index is 13.0. The molecule has 2 aromatic rings. The molecule has 1 fully saturated rings. The van der Waals surface area contributed by atoms with E-state index < -0.39 is 10.0 Å². The molecule has 8 heteroatoms. The predicted molar refractivity (Wildman–Crippen MR) is 144 cm³/mol. The van der Waals surface area contributed by atoms with Gasteiger partial charge in [0.25, 0.3) is 0 Å². The second kappa shape index (κ2) is 14.2. The lowest BCUT2D eigenvalue weighted by Gasteiger charge is -2.35. The third kappa shape index (κ3) is 7.91. The summed E-state index contributed by atoms with van der Waals surface area (Å²) in [6.45, 7) is 6.22. The van der Waals surface area contributed by atoms with Crippen LogP contribution in [0.2, 0.25) is 0 Å². The van der Waals surface area contributed by atoms with Crippen LogP contribution in [-0.2, 0) is 14.8 Å². The van der Waals surface area contributed by atoms with Crippen LogP contribution in [-0.4, -0.2) is 81.4 Å². The van der Waals surface area contributed by atoms with Crippen molar-refractivity contribution < 1.29 is 17.9 Å². The summed E-state index contributed by atoms with van der Waals surface area (Å²) in [7, 11) is -1.81. The fourth-order valence-corrected chi connectivity index (χ4v) is 5.75. The van der Waals surface area contributed by atoms with E-state index in [0.717, 1.165) is 37.1 Å². The van der Waals surface area contributed by atoms with Crippen molar-refractivity contribution in [1.82, 2.24) is 14.1 Å². The number of hydrogen-bond acceptors (Lipinski definition) is 5. The zero-order valence-corrected chi connectivity index (χ0v) is 22.3. The molecule has 1 amide bonds. The number of hydrogen-bond donors (Lipinski definition) is 0. The number of carbonyl (C=O) groups is 1. The number of carbonyl (C=O) groups excluding carboxylic acids is 1. The van der Waals surface area contributed by atoms with E-state index in [-0.39, 0.29) is 5.91 Å². The number of methoxy groups -OCH3 is 1. The van der Waals surface area contributed by atoms with Crippen LogP contribution in [0, 0.1) is 0 Å². The summed E-state index contributed by atoms with van der Waals surface area (Å²) >= 11 is 0. The van der Waals surface area contributed by atoms with Crippen molar-refractivity contribution in [3.8, 4) is 5.75 Å². The van der Waals surface area contributed by atoms with Gasteiger partial charge in [0.2, 0.25) is 15.9 Å². The summed E-state index contributed by atoms with van der Waals surface area (Å²) in [4.78, 5) is 17.4. The molecule has 1 heterocycles. The summed E-state index contributed by atoms with van der Waals surface area (Å²) in [6, 6.07) is 16.4. The first-order valence-electron chi connectivity index (χ1n) is 12.8. The minimum Gasteiger partial charge on any atom is -0.496 e. The van der Waals surface area contributed by atoms with Gasteiger partial charge in [-0.3, -0.25) is 9.69 Å². The number of rotatable bonds is 13. The van der Waals surface area contributed by atoms with E-state index in [2.05, 4.69) is 11.8 Å². The van der Waals surface area contributed by atoms with Gasteiger partial charge in [-0.2, -0.15) is 4.31 Å². The molecule has 0 radical (unpaired) electrons. The van der Waals surface area contributed by atoms with Gasteiger partial charge in [-0.15, -0.1) is 0 Å². The highest BCUT2D eigenvalue weighted by Gasteiger charge is 2.28. The van der Waals surface area contributed by atoms with Crippen LogP contribution in [0.5, 0.6) is 5.75 Å². The Bertz CT molecular complexity index is 1080. The topological polar surface area (TPSA) is 70.2 Å². The van der Waals surface area contributed by atoms with Crippen LogP contribution in [0.25, 0.3) is 6.08 Å². The van der Waals surface area contributed by atoms with E-state index in [9.17, 15) is 13.2 Å². The number of benzene rings is 2. The Morgan fingerprint density at radius 3 is 2.39 bits per heavy atom. The fraction of sp³-hybridized carbons (Fsp3) is 0.464. The van der Waals surface area contributed by atoms with Crippen LogP contribution in [0.4, 0.5) is 0 Å². The van der Waals surface area contributed by atoms with Crippen molar-refractivity contribution in [3.63, 3.8) is 0 Å². The van der Waals surface area contributed by atoms with Gasteiger partial charge >= 0.3 is 0 Å². The monoisotopic (exact) mass is 513 g/mol. The molecule has 196 valence electrons. The Hall–Kier alpha value is -2.68. The summed E-state index contributed by atoms with van der Waals surface area (Å²) < 4.78 is 32.8. The van der Waals surface area contributed by atoms with Crippen LogP contribution in [0.1, 0.15) is 38.2 Å². The van der Waals surface area contributed by atoms with E-state index in [1.54, 1.807) is 35.7 Å². The summed E-state index contributed by atoms with van der Waals surface area (Å²) in [5, 5.41) is 0. The maximum Gasteiger partial charge on any atom is 0.243 e. The normalized spacial score (nSPS) is 15.3. The molecule has 1 aliphatic rings. The number of para-hydroxylation sites is 1. The number of unbranched alkanes of at least 4 members (excludes halogenated alkanes) is 2. The van der Waals surface area contributed by atoms with E-state index in [4.69, 9.17) is 4.74 Å². The van der Waals surface area contributed by atoms with Crippen molar-refractivity contribution in [1.29, 1.82) is 0 Å². The molecule has 0 N–H and O–H groups in total. The highest BCUT2D eigenvalue weighted by Crippen LogP contribution is 2.19. The molecule has 3 rings (SSSR count). The van der Waals surface area contributed by atoms with Crippen molar-refractivity contribution in [2.75, 3.05) is 52.9 Å². The van der Waals surface area contributed by atoms with Gasteiger partial charge in [0.05, 0.1) is 12.0 Å². The number of sulfonamides is 1. The minimum absolute atomic E-state index is 0.165. The minimum atomic E-state index is -3.46. The van der Waals surface area contributed by atoms with Gasteiger partial charge in [0.15, 0.2) is 0 Å². The highest BCUT2D eigenvalue weighted by atomic mass is 32.2. The lowest BCUT2D eigenvalue weighted by Crippen LogP contribution is -2.50. The molecule has 2 aromatic carbocycles. The quantitative estimate of drug-likeness (QED) is 0.377. The summed E-state index contributed by atoms with van der Waals surface area (Å²) in [5.41, 5.74) is 0.981. The van der Waals surface area contributed by atoms with Gasteiger partial charge in [-0.05, 0) is 24.6 Å². The van der Waals surface area contributed by atoms with Gasteiger partial charge in [-0.25, -0.2) is 8.42 Å². The van der Waals surface area contributed by atoms with E-state index >= 15 is 0 Å². The molecular weight excluding hydrogens is 474 g/mol. The summed E-state index contributed by atoms with van der Waals surface area (Å²) in [6.07, 6.45) is 7.60. The van der Waals surface area contributed by atoms with E-state index in [1.165, 1.54) is 0 Å². The van der Waals surface area contributed by atoms with Crippen molar-refractivity contribution >= 4 is 22.0 Å². The van der Waals surface area contributed by atoms with Gasteiger partial charge < -0.3 is 9.64 Å². The molecule has 0 aromatic heterocycles. The first kappa shape index (κ1) is 27.9. The molecule has 0 atom stereocenters. The fourth-order valence-electron chi connectivity index (χ4n) is 4.31. The molecule has 1 saturated heterocycles. The second-order valence-electron chi connectivity index (χ2n) is 9.00. The standard InChI is InChI=1S/C28H39N3O4S/c1-3-4-6-17-28(32)30(18-11-13-25-12-9-10-16-27(25)35-2)22-19-29-20-23-31(24-21-29)36(33,34)26-14-7-5-8-15-26/h5,7-16H,3-4,6,17-24H2,1-2H3. The molecule has 0 bridgehead atoms. The molecule has 1 aliphatic heterocycles. The Morgan fingerprint density at radius 2 is 1.69 bits per heavy atom. The second-order valence-corrected chi connectivity index (χ2v) is 10.9. The van der Waals surface area contributed by atoms with Crippen molar-refractivity contribution in [2.45, 2.75) is 37.5 Å². The number of ether oxygens (including phenoxy) is 1. The smallest absolute Gasteiger partial charge is 0.243 e. The SMILES string of the molecule is CCCCCC(=O)N(CC=Cc1ccccc1OC)CCN1CCN(S(=O)(=O)c2ccccc2)CC1.